The lowest BCUT2D eigenvalue weighted by molar-refractivity contribution is 0.0950. The molecule has 0 unspecified atom stereocenters. The Hall–Kier alpha value is -3.60. The van der Waals surface area contributed by atoms with E-state index in [-0.39, 0.29) is 5.91 Å². The van der Waals surface area contributed by atoms with Crippen LogP contribution in [0.4, 0.5) is 0 Å². The van der Waals surface area contributed by atoms with E-state index in [9.17, 15) is 4.79 Å². The third-order valence-corrected chi connectivity index (χ3v) is 4.83. The van der Waals surface area contributed by atoms with Gasteiger partial charge in [0, 0.05) is 24.5 Å². The number of aromatic nitrogens is 2. The second-order valence-corrected chi connectivity index (χ2v) is 7.13. The van der Waals surface area contributed by atoms with Crippen LogP contribution in [0.15, 0.2) is 73.1 Å². The molecular formula is C24H23N3O2. The summed E-state index contributed by atoms with van der Waals surface area (Å²) in [5.74, 6) is 0.517. The lowest BCUT2D eigenvalue weighted by Gasteiger charge is -2.09. The second kappa shape index (κ2) is 8.19. The van der Waals surface area contributed by atoms with E-state index in [1.165, 1.54) is 5.56 Å². The van der Waals surface area contributed by atoms with Crippen LogP contribution in [0.2, 0.25) is 0 Å². The van der Waals surface area contributed by atoms with Crippen LogP contribution in [0.1, 0.15) is 32.7 Å². The van der Waals surface area contributed by atoms with Crippen LogP contribution in [0, 0.1) is 13.8 Å². The Balaban J connectivity index is 1.39. The summed E-state index contributed by atoms with van der Waals surface area (Å²) in [4.78, 5) is 17.1. The number of carbonyl (C=O) groups excluding carboxylic acids is 1. The van der Waals surface area contributed by atoms with E-state index in [2.05, 4.69) is 10.3 Å². The Kier molecular flexibility index (Phi) is 5.29. The molecule has 4 aromatic rings. The summed E-state index contributed by atoms with van der Waals surface area (Å²) in [5.41, 5.74) is 5.74. The van der Waals surface area contributed by atoms with E-state index in [0.717, 1.165) is 22.5 Å². The summed E-state index contributed by atoms with van der Waals surface area (Å²) in [7, 11) is 0. The summed E-state index contributed by atoms with van der Waals surface area (Å²) >= 11 is 0. The highest BCUT2D eigenvalue weighted by atomic mass is 16.5. The first-order valence-corrected chi connectivity index (χ1v) is 9.58. The summed E-state index contributed by atoms with van der Waals surface area (Å²) in [6.07, 6.45) is 3.99. The van der Waals surface area contributed by atoms with E-state index in [1.807, 2.05) is 79.2 Å². The van der Waals surface area contributed by atoms with Gasteiger partial charge in [0.25, 0.3) is 5.91 Å². The minimum absolute atomic E-state index is 0.123. The zero-order valence-electron chi connectivity index (χ0n) is 16.6. The number of hydrogen-bond acceptors (Lipinski definition) is 3. The fraction of sp³-hybridized carbons (Fsp3) is 0.167. The molecule has 0 fully saturated rings. The van der Waals surface area contributed by atoms with Crippen LogP contribution in [0.25, 0.3) is 5.65 Å². The van der Waals surface area contributed by atoms with Crippen LogP contribution in [-0.2, 0) is 13.2 Å². The Labute approximate surface area is 170 Å². The Morgan fingerprint density at radius 2 is 1.90 bits per heavy atom. The minimum Gasteiger partial charge on any atom is -0.487 e. The zero-order chi connectivity index (χ0) is 20.2. The maximum absolute atomic E-state index is 12.5. The molecule has 0 bridgehead atoms. The van der Waals surface area contributed by atoms with Crippen molar-refractivity contribution >= 4 is 11.6 Å². The highest BCUT2D eigenvalue weighted by Crippen LogP contribution is 2.16. The van der Waals surface area contributed by atoms with Gasteiger partial charge in [-0.15, -0.1) is 0 Å². The number of amides is 1. The van der Waals surface area contributed by atoms with Gasteiger partial charge in [-0.05, 0) is 54.8 Å². The summed E-state index contributed by atoms with van der Waals surface area (Å²) in [6, 6.07) is 19.3. The van der Waals surface area contributed by atoms with Crippen molar-refractivity contribution < 1.29 is 9.53 Å². The lowest BCUT2D eigenvalue weighted by Crippen LogP contribution is -2.23. The average molecular weight is 385 g/mol. The third-order valence-electron chi connectivity index (χ3n) is 4.83. The van der Waals surface area contributed by atoms with Gasteiger partial charge in [-0.2, -0.15) is 0 Å². The number of aryl methyl sites for hydroxylation is 2. The fourth-order valence-corrected chi connectivity index (χ4v) is 3.20. The van der Waals surface area contributed by atoms with Gasteiger partial charge in [0.2, 0.25) is 0 Å². The van der Waals surface area contributed by atoms with Crippen molar-refractivity contribution in [2.45, 2.75) is 27.0 Å². The van der Waals surface area contributed by atoms with Gasteiger partial charge in [-0.25, -0.2) is 4.98 Å². The molecule has 4 rings (SSSR count). The van der Waals surface area contributed by atoms with Crippen LogP contribution in [0.3, 0.4) is 0 Å². The number of nitrogens with one attached hydrogen (secondary N) is 1. The monoisotopic (exact) mass is 385 g/mol. The van der Waals surface area contributed by atoms with Crippen LogP contribution >= 0.6 is 0 Å². The van der Waals surface area contributed by atoms with E-state index in [1.54, 1.807) is 12.1 Å². The van der Waals surface area contributed by atoms with Crippen molar-refractivity contribution in [3.05, 3.63) is 101 Å². The number of imidazole rings is 1. The molecule has 1 N–H and O–H groups in total. The van der Waals surface area contributed by atoms with Crippen molar-refractivity contribution in [2.75, 3.05) is 0 Å². The number of ether oxygens (including phenoxy) is 1. The molecule has 0 aliphatic carbocycles. The number of carbonyl (C=O) groups is 1. The highest BCUT2D eigenvalue weighted by molar-refractivity contribution is 5.94. The highest BCUT2D eigenvalue weighted by Gasteiger charge is 2.08. The van der Waals surface area contributed by atoms with Crippen LogP contribution < -0.4 is 10.1 Å². The van der Waals surface area contributed by atoms with Crippen LogP contribution in [-0.4, -0.2) is 15.3 Å². The van der Waals surface area contributed by atoms with Gasteiger partial charge >= 0.3 is 0 Å². The third kappa shape index (κ3) is 4.46. The molecule has 0 saturated carbocycles. The second-order valence-electron chi connectivity index (χ2n) is 7.13. The van der Waals surface area contributed by atoms with E-state index in [4.69, 9.17) is 4.74 Å². The van der Waals surface area contributed by atoms with Gasteiger partial charge in [0.05, 0.1) is 5.69 Å². The van der Waals surface area contributed by atoms with Crippen molar-refractivity contribution in [2.24, 2.45) is 0 Å². The molecule has 5 heteroatoms. The van der Waals surface area contributed by atoms with Gasteiger partial charge in [-0.1, -0.05) is 36.4 Å². The topological polar surface area (TPSA) is 55.6 Å². The van der Waals surface area contributed by atoms with Crippen molar-refractivity contribution in [3.8, 4) is 5.75 Å². The number of pyridine rings is 1. The smallest absolute Gasteiger partial charge is 0.251 e. The van der Waals surface area contributed by atoms with Crippen LogP contribution in [0.5, 0.6) is 5.75 Å². The Morgan fingerprint density at radius 3 is 2.76 bits per heavy atom. The SMILES string of the molecule is Cc1ccc2nc(COc3cccc(C(=O)NCc4ccccc4C)c3)cn2c1. The lowest BCUT2D eigenvalue weighted by atomic mass is 10.1. The van der Waals surface area contributed by atoms with E-state index in [0.29, 0.717) is 24.5 Å². The van der Waals surface area contributed by atoms with E-state index < -0.39 is 0 Å². The Bertz CT molecular complexity index is 1160. The molecule has 0 aliphatic heterocycles. The summed E-state index contributed by atoms with van der Waals surface area (Å²) in [6.45, 7) is 4.92. The van der Waals surface area contributed by atoms with Gasteiger partial charge in [0.15, 0.2) is 0 Å². The maximum Gasteiger partial charge on any atom is 0.251 e. The average Bonchev–Trinajstić information content (AvgIpc) is 3.13. The first-order chi connectivity index (χ1) is 14.1. The Morgan fingerprint density at radius 1 is 1.03 bits per heavy atom. The normalized spacial score (nSPS) is 10.8. The molecule has 2 heterocycles. The molecule has 29 heavy (non-hydrogen) atoms. The number of nitrogens with zero attached hydrogens (tertiary/aromatic N) is 2. The molecule has 1 amide bonds. The molecule has 2 aromatic carbocycles. The first-order valence-electron chi connectivity index (χ1n) is 9.58. The molecule has 0 radical (unpaired) electrons. The number of benzene rings is 2. The molecular weight excluding hydrogens is 362 g/mol. The molecule has 0 atom stereocenters. The first kappa shape index (κ1) is 18.7. The molecule has 0 aliphatic rings. The number of hydrogen-bond donors (Lipinski definition) is 1. The van der Waals surface area contributed by atoms with Gasteiger partial charge in [0.1, 0.15) is 18.0 Å². The van der Waals surface area contributed by atoms with Crippen molar-refractivity contribution in [3.63, 3.8) is 0 Å². The van der Waals surface area contributed by atoms with Crippen molar-refractivity contribution in [1.82, 2.24) is 14.7 Å². The van der Waals surface area contributed by atoms with Crippen molar-refractivity contribution in [1.29, 1.82) is 0 Å². The number of fused-ring (bicyclic) bond motifs is 1. The largest absolute Gasteiger partial charge is 0.487 e. The van der Waals surface area contributed by atoms with E-state index >= 15 is 0 Å². The molecule has 146 valence electrons. The van der Waals surface area contributed by atoms with Gasteiger partial charge < -0.3 is 14.5 Å². The molecule has 0 spiro atoms. The quantitative estimate of drug-likeness (QED) is 0.533. The predicted octanol–water partition coefficient (Wildman–Crippen LogP) is 4.46. The summed E-state index contributed by atoms with van der Waals surface area (Å²) in [5, 5.41) is 2.97. The minimum atomic E-state index is -0.123. The fourth-order valence-electron chi connectivity index (χ4n) is 3.20. The van der Waals surface area contributed by atoms with Gasteiger partial charge in [-0.3, -0.25) is 4.79 Å². The molecule has 0 saturated heterocycles. The molecule has 5 nitrogen and oxygen atoms in total. The maximum atomic E-state index is 12.5. The molecule has 2 aromatic heterocycles. The summed E-state index contributed by atoms with van der Waals surface area (Å²) < 4.78 is 7.86. The standard InChI is InChI=1S/C24H23N3O2/c1-17-10-11-23-26-21(15-27(23)14-17)16-29-22-9-5-8-19(12-22)24(28)25-13-20-7-4-3-6-18(20)2/h3-12,14-15H,13,16H2,1-2H3,(H,25,28). The predicted molar refractivity (Wildman–Crippen MR) is 113 cm³/mol. The number of rotatable bonds is 6. The zero-order valence-corrected chi connectivity index (χ0v) is 16.6.